The molecule has 7 heteroatoms. The number of pyridine rings is 1. The van der Waals surface area contributed by atoms with Crippen molar-refractivity contribution in [1.82, 2.24) is 15.2 Å². The third kappa shape index (κ3) is 3.90. The SMILES string of the molecule is CN(C)c1ccc(/C=C/c2cc(-c3nnc(N)s3)c3cc(Br)ccc3n2)cc1. The Morgan fingerprint density at radius 3 is 2.46 bits per heavy atom. The molecule has 0 unspecified atom stereocenters. The van der Waals surface area contributed by atoms with E-state index in [1.165, 1.54) is 17.0 Å². The Bertz CT molecular complexity index is 1170. The number of hydrogen-bond acceptors (Lipinski definition) is 6. The van der Waals surface area contributed by atoms with Gasteiger partial charge < -0.3 is 10.6 Å². The zero-order chi connectivity index (χ0) is 19.7. The van der Waals surface area contributed by atoms with Gasteiger partial charge in [0, 0.05) is 35.2 Å². The molecule has 140 valence electrons. The molecule has 0 aliphatic rings. The second kappa shape index (κ2) is 7.69. The molecular weight excluding hydrogens is 434 g/mol. The Morgan fingerprint density at radius 2 is 1.79 bits per heavy atom. The summed E-state index contributed by atoms with van der Waals surface area (Å²) in [6, 6.07) is 16.4. The summed E-state index contributed by atoms with van der Waals surface area (Å²) in [4.78, 5) is 6.86. The fourth-order valence-electron chi connectivity index (χ4n) is 2.89. The zero-order valence-electron chi connectivity index (χ0n) is 15.4. The molecule has 0 atom stereocenters. The predicted octanol–water partition coefficient (Wildman–Crippen LogP) is 5.33. The number of halogens is 1. The molecule has 2 heterocycles. The summed E-state index contributed by atoms with van der Waals surface area (Å²) < 4.78 is 0.991. The summed E-state index contributed by atoms with van der Waals surface area (Å²) in [6.45, 7) is 0. The second-order valence-corrected chi connectivity index (χ2v) is 8.45. The van der Waals surface area contributed by atoms with Gasteiger partial charge in [0.2, 0.25) is 5.13 Å². The van der Waals surface area contributed by atoms with Crippen LogP contribution < -0.4 is 10.6 Å². The number of rotatable bonds is 4. The highest BCUT2D eigenvalue weighted by Crippen LogP contribution is 2.33. The van der Waals surface area contributed by atoms with Gasteiger partial charge in [0.15, 0.2) is 0 Å². The first-order valence-electron chi connectivity index (χ1n) is 8.65. The summed E-state index contributed by atoms with van der Waals surface area (Å²) in [5, 5.41) is 10.4. The minimum absolute atomic E-state index is 0.452. The van der Waals surface area contributed by atoms with Gasteiger partial charge in [-0.25, -0.2) is 4.98 Å². The van der Waals surface area contributed by atoms with E-state index in [0.717, 1.165) is 37.2 Å². The lowest BCUT2D eigenvalue weighted by Gasteiger charge is -2.11. The van der Waals surface area contributed by atoms with E-state index >= 15 is 0 Å². The Labute approximate surface area is 175 Å². The van der Waals surface area contributed by atoms with Gasteiger partial charge in [-0.05, 0) is 48.0 Å². The Balaban J connectivity index is 1.76. The molecule has 2 N–H and O–H groups in total. The molecule has 2 aromatic heterocycles. The molecular formula is C21H18BrN5S. The molecule has 5 nitrogen and oxygen atoms in total. The highest BCUT2D eigenvalue weighted by Gasteiger charge is 2.12. The lowest BCUT2D eigenvalue weighted by atomic mass is 10.1. The number of anilines is 2. The average molecular weight is 452 g/mol. The van der Waals surface area contributed by atoms with Gasteiger partial charge >= 0.3 is 0 Å². The fourth-order valence-corrected chi connectivity index (χ4v) is 3.89. The van der Waals surface area contributed by atoms with Crippen molar-refractivity contribution in [2.45, 2.75) is 0 Å². The molecule has 0 aliphatic heterocycles. The van der Waals surface area contributed by atoms with Gasteiger partial charge in [0.25, 0.3) is 0 Å². The molecule has 0 saturated heterocycles. The Kier molecular flexibility index (Phi) is 5.11. The summed E-state index contributed by atoms with van der Waals surface area (Å²) in [6.07, 6.45) is 4.07. The molecule has 0 fully saturated rings. The van der Waals surface area contributed by atoms with Crippen molar-refractivity contribution < 1.29 is 0 Å². The molecule has 0 bridgehead atoms. The molecule has 0 radical (unpaired) electrons. The number of aromatic nitrogens is 3. The van der Waals surface area contributed by atoms with Crippen molar-refractivity contribution in [2.24, 2.45) is 0 Å². The largest absolute Gasteiger partial charge is 0.378 e. The molecule has 0 saturated carbocycles. The van der Waals surface area contributed by atoms with E-state index in [1.807, 2.05) is 44.4 Å². The van der Waals surface area contributed by atoms with Gasteiger partial charge in [-0.15, -0.1) is 10.2 Å². The molecule has 2 aromatic carbocycles. The normalized spacial score (nSPS) is 11.4. The number of fused-ring (bicyclic) bond motifs is 1. The van der Waals surface area contributed by atoms with Gasteiger partial charge in [-0.2, -0.15) is 0 Å². The van der Waals surface area contributed by atoms with Crippen LogP contribution in [0.4, 0.5) is 10.8 Å². The smallest absolute Gasteiger partial charge is 0.203 e. The maximum Gasteiger partial charge on any atom is 0.203 e. The Morgan fingerprint density at radius 1 is 1.00 bits per heavy atom. The maximum atomic E-state index is 5.80. The van der Waals surface area contributed by atoms with Crippen molar-refractivity contribution in [1.29, 1.82) is 0 Å². The number of nitrogen functional groups attached to an aromatic ring is 1. The molecule has 0 spiro atoms. The fraction of sp³-hybridized carbons (Fsp3) is 0.0952. The van der Waals surface area contributed by atoms with Crippen LogP contribution in [0.5, 0.6) is 0 Å². The summed E-state index contributed by atoms with van der Waals surface area (Å²) in [5.74, 6) is 0. The first kappa shape index (κ1) is 18.6. The predicted molar refractivity (Wildman–Crippen MR) is 122 cm³/mol. The van der Waals surface area contributed by atoms with E-state index in [9.17, 15) is 0 Å². The number of nitrogens with two attached hydrogens (primary N) is 1. The lowest BCUT2D eigenvalue weighted by molar-refractivity contribution is 1.10. The van der Waals surface area contributed by atoms with E-state index in [2.05, 4.69) is 61.4 Å². The van der Waals surface area contributed by atoms with Crippen molar-refractivity contribution >= 4 is 61.1 Å². The summed E-state index contributed by atoms with van der Waals surface area (Å²) in [7, 11) is 4.06. The van der Waals surface area contributed by atoms with E-state index in [4.69, 9.17) is 10.7 Å². The van der Waals surface area contributed by atoms with Crippen molar-refractivity contribution in [3.05, 3.63) is 64.3 Å². The van der Waals surface area contributed by atoms with Gasteiger partial charge in [0.1, 0.15) is 5.01 Å². The topological polar surface area (TPSA) is 67.9 Å². The van der Waals surface area contributed by atoms with Crippen LogP contribution in [-0.2, 0) is 0 Å². The van der Waals surface area contributed by atoms with E-state index < -0.39 is 0 Å². The molecule has 0 amide bonds. The quantitative estimate of drug-likeness (QED) is 0.453. The molecule has 0 aliphatic carbocycles. The number of benzene rings is 2. The van der Waals surface area contributed by atoms with Gasteiger partial charge in [-0.1, -0.05) is 45.5 Å². The first-order valence-corrected chi connectivity index (χ1v) is 10.3. The third-order valence-electron chi connectivity index (χ3n) is 4.32. The summed E-state index contributed by atoms with van der Waals surface area (Å²) >= 11 is 4.91. The lowest BCUT2D eigenvalue weighted by Crippen LogP contribution is -2.07. The highest BCUT2D eigenvalue weighted by molar-refractivity contribution is 9.10. The van der Waals surface area contributed by atoms with Gasteiger partial charge in [0.05, 0.1) is 11.2 Å². The second-order valence-electron chi connectivity index (χ2n) is 6.52. The van der Waals surface area contributed by atoms with Crippen LogP contribution in [0, 0.1) is 0 Å². The molecule has 4 aromatic rings. The Hall–Kier alpha value is -2.77. The highest BCUT2D eigenvalue weighted by atomic mass is 79.9. The van der Waals surface area contributed by atoms with Gasteiger partial charge in [-0.3, -0.25) is 0 Å². The van der Waals surface area contributed by atoms with E-state index in [1.54, 1.807) is 0 Å². The van der Waals surface area contributed by atoms with Crippen LogP contribution in [0.3, 0.4) is 0 Å². The van der Waals surface area contributed by atoms with E-state index in [0.29, 0.717) is 5.13 Å². The number of hydrogen-bond donors (Lipinski definition) is 1. The van der Waals surface area contributed by atoms with E-state index in [-0.39, 0.29) is 0 Å². The average Bonchev–Trinajstić information content (AvgIpc) is 3.12. The minimum Gasteiger partial charge on any atom is -0.378 e. The van der Waals surface area contributed by atoms with Crippen LogP contribution in [0.15, 0.2) is 53.0 Å². The van der Waals surface area contributed by atoms with Crippen molar-refractivity contribution in [3.63, 3.8) is 0 Å². The van der Waals surface area contributed by atoms with Crippen LogP contribution in [-0.4, -0.2) is 29.3 Å². The van der Waals surface area contributed by atoms with Crippen LogP contribution in [0.1, 0.15) is 11.3 Å². The van der Waals surface area contributed by atoms with Crippen LogP contribution in [0.25, 0.3) is 33.6 Å². The van der Waals surface area contributed by atoms with Crippen LogP contribution in [0.2, 0.25) is 0 Å². The summed E-state index contributed by atoms with van der Waals surface area (Å²) in [5.41, 5.74) is 10.8. The monoisotopic (exact) mass is 451 g/mol. The van der Waals surface area contributed by atoms with Crippen molar-refractivity contribution in [2.75, 3.05) is 24.7 Å². The molecule has 4 rings (SSSR count). The van der Waals surface area contributed by atoms with Crippen molar-refractivity contribution in [3.8, 4) is 10.6 Å². The third-order valence-corrected chi connectivity index (χ3v) is 5.60. The number of nitrogens with zero attached hydrogens (tertiary/aromatic N) is 4. The standard InChI is InChI=1S/C21H18BrN5S/c1-27(2)16-8-4-13(5-9-16)3-7-15-12-18(20-25-26-21(23)28-20)17-11-14(22)6-10-19(17)24-15/h3-12H,1-2H3,(H2,23,26)/b7-3+. The minimum atomic E-state index is 0.452. The molecule has 28 heavy (non-hydrogen) atoms. The van der Waals surface area contributed by atoms with Crippen LogP contribution >= 0.6 is 27.3 Å². The first-order chi connectivity index (χ1) is 13.5. The zero-order valence-corrected chi connectivity index (χ0v) is 17.8. The maximum absolute atomic E-state index is 5.80.